The molecule has 0 aliphatic heterocycles. The molecule has 0 saturated heterocycles. The number of nitrogens with zero attached hydrogens (tertiary/aromatic N) is 1. The highest BCUT2D eigenvalue weighted by molar-refractivity contribution is 5.97. The molecule has 6 heteroatoms. The van der Waals surface area contributed by atoms with Crippen LogP contribution in [0.1, 0.15) is 27.4 Å². The van der Waals surface area contributed by atoms with Crippen LogP contribution in [0.2, 0.25) is 0 Å². The van der Waals surface area contributed by atoms with Crippen molar-refractivity contribution in [2.24, 2.45) is 5.73 Å². The summed E-state index contributed by atoms with van der Waals surface area (Å²) < 4.78 is 10.7. The predicted octanol–water partition coefficient (Wildman–Crippen LogP) is 4.36. The molecule has 3 aromatic carbocycles. The van der Waals surface area contributed by atoms with E-state index in [0.717, 1.165) is 21.9 Å². The van der Waals surface area contributed by atoms with Gasteiger partial charge in [-0.15, -0.1) is 0 Å². The first kappa shape index (κ1) is 23.1. The number of hydrogen-bond acceptors (Lipinski definition) is 6. The Balaban J connectivity index is 1.37. The summed E-state index contributed by atoms with van der Waals surface area (Å²) in [7, 11) is 1.58. The number of carbonyl (C=O) groups excluding carboxylic acids is 2. The van der Waals surface area contributed by atoms with Crippen molar-refractivity contribution < 1.29 is 19.1 Å². The first-order chi connectivity index (χ1) is 16.6. The van der Waals surface area contributed by atoms with E-state index < -0.39 is 5.92 Å². The number of nitrogens with two attached hydrogens (primary N) is 1. The lowest BCUT2D eigenvalue weighted by Gasteiger charge is -2.15. The minimum Gasteiger partial charge on any atom is -0.497 e. The second-order valence-electron chi connectivity index (χ2n) is 8.00. The molecule has 1 heterocycles. The third-order valence-corrected chi connectivity index (χ3v) is 5.77. The number of pyridine rings is 1. The number of rotatable bonds is 10. The first-order valence-corrected chi connectivity index (χ1v) is 11.0. The van der Waals surface area contributed by atoms with Crippen LogP contribution in [-0.4, -0.2) is 36.8 Å². The van der Waals surface area contributed by atoms with Crippen molar-refractivity contribution in [3.05, 3.63) is 102 Å². The molecule has 1 atom stereocenters. The van der Waals surface area contributed by atoms with Gasteiger partial charge in [0.2, 0.25) is 0 Å². The number of aromatic nitrogens is 1. The zero-order valence-corrected chi connectivity index (χ0v) is 18.9. The normalized spacial score (nSPS) is 11.7. The lowest BCUT2D eigenvalue weighted by molar-refractivity contribution is -0.119. The molecule has 0 fully saturated rings. The van der Waals surface area contributed by atoms with Gasteiger partial charge in [-0.25, -0.2) is 0 Å². The molecular weight excluding hydrogens is 428 g/mol. The van der Waals surface area contributed by atoms with Crippen molar-refractivity contribution in [2.45, 2.75) is 12.3 Å². The summed E-state index contributed by atoms with van der Waals surface area (Å²) >= 11 is 0. The average molecular weight is 455 g/mol. The number of Topliss-reactive ketones (excluding diaryl/α,β-unsaturated/α-hetero) is 2. The number of methoxy groups -OCH3 is 1. The third-order valence-electron chi connectivity index (χ3n) is 5.77. The van der Waals surface area contributed by atoms with Crippen LogP contribution in [0, 0.1) is 0 Å². The van der Waals surface area contributed by atoms with E-state index in [1.165, 1.54) is 0 Å². The fourth-order valence-electron chi connectivity index (χ4n) is 3.83. The fraction of sp³-hybridized carbons (Fsp3) is 0.179. The van der Waals surface area contributed by atoms with E-state index in [4.69, 9.17) is 15.2 Å². The monoisotopic (exact) mass is 454 g/mol. The molecule has 172 valence electrons. The van der Waals surface area contributed by atoms with E-state index in [1.807, 2.05) is 36.4 Å². The van der Waals surface area contributed by atoms with Crippen LogP contribution in [0.15, 0.2) is 85.2 Å². The second-order valence-corrected chi connectivity index (χ2v) is 8.00. The Bertz CT molecular complexity index is 1280. The Morgan fingerprint density at radius 3 is 2.35 bits per heavy atom. The molecule has 0 radical (unpaired) electrons. The van der Waals surface area contributed by atoms with Gasteiger partial charge >= 0.3 is 0 Å². The fourth-order valence-corrected chi connectivity index (χ4v) is 3.83. The Labute approximate surface area is 198 Å². The third kappa shape index (κ3) is 5.47. The smallest absolute Gasteiger partial charge is 0.200 e. The summed E-state index contributed by atoms with van der Waals surface area (Å²) in [6, 6.07) is 21.9. The average Bonchev–Trinajstić information content (AvgIpc) is 2.88. The molecule has 0 saturated carbocycles. The minimum absolute atomic E-state index is 0.0549. The quantitative estimate of drug-likeness (QED) is 0.358. The van der Waals surface area contributed by atoms with E-state index in [9.17, 15) is 9.59 Å². The maximum absolute atomic E-state index is 13.0. The maximum atomic E-state index is 13.0. The van der Waals surface area contributed by atoms with Crippen LogP contribution in [0.5, 0.6) is 11.5 Å². The zero-order valence-electron chi connectivity index (χ0n) is 18.9. The van der Waals surface area contributed by atoms with Gasteiger partial charge in [0.25, 0.3) is 0 Å². The number of ether oxygens (including phenoxy) is 2. The van der Waals surface area contributed by atoms with Gasteiger partial charge in [0.1, 0.15) is 17.3 Å². The molecule has 2 N–H and O–H groups in total. The molecule has 0 aliphatic rings. The Morgan fingerprint density at radius 2 is 1.65 bits per heavy atom. The van der Waals surface area contributed by atoms with Gasteiger partial charge in [0.15, 0.2) is 12.4 Å². The van der Waals surface area contributed by atoms with E-state index in [0.29, 0.717) is 23.5 Å². The number of fused-ring (bicyclic) bond motifs is 1. The Morgan fingerprint density at radius 1 is 0.912 bits per heavy atom. The summed E-state index contributed by atoms with van der Waals surface area (Å²) in [5.74, 6) is 0.752. The lowest BCUT2D eigenvalue weighted by atomic mass is 9.90. The molecule has 0 bridgehead atoms. The Kier molecular flexibility index (Phi) is 7.30. The van der Waals surface area contributed by atoms with Crippen molar-refractivity contribution >= 4 is 22.3 Å². The van der Waals surface area contributed by atoms with Crippen LogP contribution < -0.4 is 15.2 Å². The van der Waals surface area contributed by atoms with E-state index in [-0.39, 0.29) is 24.7 Å². The van der Waals surface area contributed by atoms with Gasteiger partial charge in [-0.1, -0.05) is 30.3 Å². The molecule has 0 amide bonds. The summed E-state index contributed by atoms with van der Waals surface area (Å²) in [6.07, 6.45) is 3.84. The number of ketones is 2. The first-order valence-electron chi connectivity index (χ1n) is 11.0. The summed E-state index contributed by atoms with van der Waals surface area (Å²) in [4.78, 5) is 29.5. The molecule has 6 nitrogen and oxygen atoms in total. The number of carbonyl (C=O) groups is 2. The molecule has 0 aliphatic carbocycles. The van der Waals surface area contributed by atoms with Crippen molar-refractivity contribution in [3.63, 3.8) is 0 Å². The molecular formula is C28H26N2O4. The van der Waals surface area contributed by atoms with Gasteiger partial charge in [-0.2, -0.15) is 0 Å². The standard InChI is InChI=1S/C28H26N2O4/c1-33-24-8-6-21(7-9-24)28(32)18-34-25-10-4-20(5-11-25)26(16-29)27(31)15-19-2-3-23-17-30-13-12-22(23)14-19/h2-14,17,26H,15-16,18,29H2,1H3. The van der Waals surface area contributed by atoms with Crippen LogP contribution in [0.25, 0.3) is 10.8 Å². The zero-order chi connectivity index (χ0) is 23.9. The van der Waals surface area contributed by atoms with Crippen LogP contribution in [0.4, 0.5) is 0 Å². The summed E-state index contributed by atoms with van der Waals surface area (Å²) in [5.41, 5.74) is 8.28. The van der Waals surface area contributed by atoms with Crippen molar-refractivity contribution in [2.75, 3.05) is 20.3 Å². The van der Waals surface area contributed by atoms with Crippen molar-refractivity contribution in [1.82, 2.24) is 4.98 Å². The van der Waals surface area contributed by atoms with Gasteiger partial charge in [-0.05, 0) is 59.0 Å². The largest absolute Gasteiger partial charge is 0.497 e. The second kappa shape index (κ2) is 10.7. The predicted molar refractivity (Wildman–Crippen MR) is 132 cm³/mol. The van der Waals surface area contributed by atoms with Crippen LogP contribution in [0.3, 0.4) is 0 Å². The van der Waals surface area contributed by atoms with Gasteiger partial charge < -0.3 is 15.2 Å². The highest BCUT2D eigenvalue weighted by Gasteiger charge is 2.19. The summed E-state index contributed by atoms with van der Waals surface area (Å²) in [5, 5.41) is 2.09. The SMILES string of the molecule is COc1ccc(C(=O)COc2ccc(C(CN)C(=O)Cc3ccc4cnccc4c3)cc2)cc1. The van der Waals surface area contributed by atoms with Crippen molar-refractivity contribution in [3.8, 4) is 11.5 Å². The lowest BCUT2D eigenvalue weighted by Crippen LogP contribution is -2.23. The van der Waals surface area contributed by atoms with Crippen LogP contribution >= 0.6 is 0 Å². The molecule has 4 aromatic rings. The highest BCUT2D eigenvalue weighted by atomic mass is 16.5. The molecule has 34 heavy (non-hydrogen) atoms. The van der Waals surface area contributed by atoms with Crippen LogP contribution in [-0.2, 0) is 11.2 Å². The molecule has 1 aromatic heterocycles. The van der Waals surface area contributed by atoms with E-state index in [2.05, 4.69) is 4.98 Å². The highest BCUT2D eigenvalue weighted by Crippen LogP contribution is 2.23. The summed E-state index contributed by atoms with van der Waals surface area (Å²) in [6.45, 7) is 0.134. The topological polar surface area (TPSA) is 91.5 Å². The van der Waals surface area contributed by atoms with Crippen molar-refractivity contribution in [1.29, 1.82) is 0 Å². The maximum Gasteiger partial charge on any atom is 0.200 e. The van der Waals surface area contributed by atoms with Gasteiger partial charge in [0.05, 0.1) is 13.0 Å². The minimum atomic E-state index is -0.414. The number of benzene rings is 3. The van der Waals surface area contributed by atoms with E-state index in [1.54, 1.807) is 55.9 Å². The van der Waals surface area contributed by atoms with E-state index >= 15 is 0 Å². The van der Waals surface area contributed by atoms with Gasteiger partial charge in [0, 0.05) is 36.3 Å². The molecule has 4 rings (SSSR count). The Hall–Kier alpha value is -4.03. The number of hydrogen-bond donors (Lipinski definition) is 1. The molecule has 1 unspecified atom stereocenters. The van der Waals surface area contributed by atoms with Gasteiger partial charge in [-0.3, -0.25) is 14.6 Å². The molecule has 0 spiro atoms.